The lowest BCUT2D eigenvalue weighted by Crippen LogP contribution is -2.58. The number of hydrogen-bond donors (Lipinski definition) is 0. The second-order valence-electron chi connectivity index (χ2n) is 8.79. The SMILES string of the molecule is CC1(C)CCC[C@@]2(C)[C@H]1CC[C@]13CO[C@](C)(C[C@@H]12)O3. The Morgan fingerprint density at radius 1 is 0.947 bits per heavy atom. The second kappa shape index (κ2) is 3.39. The van der Waals surface area contributed by atoms with Crippen molar-refractivity contribution in [1.29, 1.82) is 0 Å². The molecule has 1 spiro atoms. The Labute approximate surface area is 117 Å². The van der Waals surface area contributed by atoms with Crippen LogP contribution in [0.4, 0.5) is 0 Å². The fraction of sp³-hybridized carbons (Fsp3) is 1.00. The van der Waals surface area contributed by atoms with Crippen molar-refractivity contribution >= 4 is 0 Å². The van der Waals surface area contributed by atoms with E-state index in [9.17, 15) is 0 Å². The van der Waals surface area contributed by atoms with Gasteiger partial charge in [0.15, 0.2) is 5.79 Å². The van der Waals surface area contributed by atoms with Gasteiger partial charge >= 0.3 is 0 Å². The van der Waals surface area contributed by atoms with E-state index in [-0.39, 0.29) is 11.4 Å². The van der Waals surface area contributed by atoms with Crippen molar-refractivity contribution in [2.75, 3.05) is 6.61 Å². The van der Waals surface area contributed by atoms with Crippen LogP contribution in [0.15, 0.2) is 0 Å². The van der Waals surface area contributed by atoms with Gasteiger partial charge in [0, 0.05) is 12.3 Å². The molecule has 2 nitrogen and oxygen atoms in total. The molecule has 0 radical (unpaired) electrons. The standard InChI is InChI=1S/C17H28O2/c1-14(2)7-5-8-15(3)12(14)6-9-17-11-18-16(4,19-17)10-13(15)17/h12-13H,5-11H2,1-4H3/t12-,13+,15-,16-,17-/m0/s1. The summed E-state index contributed by atoms with van der Waals surface area (Å²) in [6.07, 6.45) is 7.87. The van der Waals surface area contributed by atoms with Crippen molar-refractivity contribution in [3.8, 4) is 0 Å². The molecule has 2 saturated heterocycles. The van der Waals surface area contributed by atoms with Gasteiger partial charge in [0.1, 0.15) is 0 Å². The van der Waals surface area contributed by atoms with Crippen LogP contribution in [0.2, 0.25) is 0 Å². The highest BCUT2D eigenvalue weighted by Gasteiger charge is 2.69. The van der Waals surface area contributed by atoms with Gasteiger partial charge < -0.3 is 9.47 Å². The van der Waals surface area contributed by atoms with E-state index >= 15 is 0 Å². The summed E-state index contributed by atoms with van der Waals surface area (Å²) in [4.78, 5) is 0. The van der Waals surface area contributed by atoms with Crippen molar-refractivity contribution in [2.45, 2.75) is 77.6 Å². The Kier molecular flexibility index (Phi) is 2.25. The lowest BCUT2D eigenvalue weighted by molar-refractivity contribution is -0.150. The third kappa shape index (κ3) is 1.45. The van der Waals surface area contributed by atoms with Crippen LogP contribution in [0.3, 0.4) is 0 Å². The quantitative estimate of drug-likeness (QED) is 0.655. The first-order valence-corrected chi connectivity index (χ1v) is 8.14. The predicted octanol–water partition coefficient (Wildman–Crippen LogP) is 4.13. The van der Waals surface area contributed by atoms with Crippen LogP contribution in [0, 0.1) is 22.7 Å². The molecule has 0 aromatic rings. The molecule has 2 heteroatoms. The number of rotatable bonds is 0. The Hall–Kier alpha value is -0.0800. The minimum atomic E-state index is -0.274. The summed E-state index contributed by atoms with van der Waals surface area (Å²) >= 11 is 0. The van der Waals surface area contributed by atoms with Crippen LogP contribution in [-0.4, -0.2) is 18.0 Å². The summed E-state index contributed by atoms with van der Waals surface area (Å²) in [6, 6.07) is 0. The first kappa shape index (κ1) is 12.6. The molecule has 0 aromatic heterocycles. The van der Waals surface area contributed by atoms with E-state index in [2.05, 4.69) is 27.7 Å². The zero-order valence-corrected chi connectivity index (χ0v) is 12.9. The molecule has 0 N–H and O–H groups in total. The normalized spacial score (nSPS) is 58.7. The maximum absolute atomic E-state index is 6.41. The molecule has 2 aliphatic heterocycles. The Morgan fingerprint density at radius 2 is 1.74 bits per heavy atom. The highest BCUT2D eigenvalue weighted by molar-refractivity contribution is 5.15. The van der Waals surface area contributed by atoms with Crippen LogP contribution >= 0.6 is 0 Å². The molecule has 5 atom stereocenters. The van der Waals surface area contributed by atoms with Gasteiger partial charge in [-0.15, -0.1) is 0 Å². The van der Waals surface area contributed by atoms with Crippen LogP contribution in [-0.2, 0) is 9.47 Å². The molecule has 0 aromatic carbocycles. The van der Waals surface area contributed by atoms with Gasteiger partial charge in [0.2, 0.25) is 0 Å². The third-order valence-corrected chi connectivity index (χ3v) is 7.18. The first-order chi connectivity index (χ1) is 8.80. The maximum Gasteiger partial charge on any atom is 0.166 e. The van der Waals surface area contributed by atoms with E-state index in [0.717, 1.165) is 24.9 Å². The van der Waals surface area contributed by atoms with E-state index in [4.69, 9.17) is 9.47 Å². The summed E-state index contributed by atoms with van der Waals surface area (Å²) < 4.78 is 12.4. The van der Waals surface area contributed by atoms with Crippen molar-refractivity contribution in [2.24, 2.45) is 22.7 Å². The molecule has 0 unspecified atom stereocenters. The lowest BCUT2D eigenvalue weighted by atomic mass is 9.45. The fourth-order valence-electron chi connectivity index (χ4n) is 6.42. The Bertz CT molecular complexity index is 417. The zero-order valence-electron chi connectivity index (χ0n) is 12.9. The van der Waals surface area contributed by atoms with Crippen molar-refractivity contribution in [3.05, 3.63) is 0 Å². The van der Waals surface area contributed by atoms with Crippen LogP contribution in [0.1, 0.15) is 66.2 Å². The number of fused-ring (bicyclic) bond motifs is 3. The summed E-state index contributed by atoms with van der Waals surface area (Å²) in [5, 5.41) is 0. The summed E-state index contributed by atoms with van der Waals surface area (Å²) in [7, 11) is 0. The first-order valence-electron chi connectivity index (χ1n) is 8.14. The van der Waals surface area contributed by atoms with E-state index < -0.39 is 0 Å². The minimum absolute atomic E-state index is 0.0629. The van der Waals surface area contributed by atoms with Gasteiger partial charge in [-0.1, -0.05) is 27.2 Å². The van der Waals surface area contributed by atoms with Crippen molar-refractivity contribution in [3.63, 3.8) is 0 Å². The van der Waals surface area contributed by atoms with Crippen LogP contribution < -0.4 is 0 Å². The predicted molar refractivity (Wildman–Crippen MR) is 74.7 cm³/mol. The molecule has 2 aliphatic carbocycles. The molecular weight excluding hydrogens is 236 g/mol. The smallest absolute Gasteiger partial charge is 0.166 e. The summed E-state index contributed by atoms with van der Waals surface area (Å²) in [6.45, 7) is 10.6. The monoisotopic (exact) mass is 264 g/mol. The fourth-order valence-corrected chi connectivity index (χ4v) is 6.42. The number of ether oxygens (including phenoxy) is 2. The topological polar surface area (TPSA) is 18.5 Å². The van der Waals surface area contributed by atoms with Gasteiger partial charge in [-0.05, 0) is 49.4 Å². The molecule has 2 heterocycles. The van der Waals surface area contributed by atoms with Gasteiger partial charge in [-0.2, -0.15) is 0 Å². The molecule has 108 valence electrons. The van der Waals surface area contributed by atoms with Crippen molar-refractivity contribution < 1.29 is 9.47 Å². The van der Waals surface area contributed by atoms with E-state index in [1.54, 1.807) is 0 Å². The Morgan fingerprint density at radius 3 is 2.47 bits per heavy atom. The third-order valence-electron chi connectivity index (χ3n) is 7.18. The highest BCUT2D eigenvalue weighted by atomic mass is 16.8. The lowest BCUT2D eigenvalue weighted by Gasteiger charge is -2.60. The molecule has 2 bridgehead atoms. The van der Waals surface area contributed by atoms with Gasteiger partial charge in [-0.25, -0.2) is 0 Å². The van der Waals surface area contributed by atoms with Crippen LogP contribution in [0.25, 0.3) is 0 Å². The molecule has 2 saturated carbocycles. The van der Waals surface area contributed by atoms with E-state index in [1.165, 1.54) is 32.1 Å². The summed E-state index contributed by atoms with van der Waals surface area (Å²) in [5.74, 6) is 1.32. The molecule has 19 heavy (non-hydrogen) atoms. The molecule has 4 rings (SSSR count). The van der Waals surface area contributed by atoms with Gasteiger partial charge in [-0.3, -0.25) is 0 Å². The molecule has 4 fully saturated rings. The molecule has 4 aliphatic rings. The molecule has 0 amide bonds. The van der Waals surface area contributed by atoms with Crippen molar-refractivity contribution in [1.82, 2.24) is 0 Å². The summed E-state index contributed by atoms with van der Waals surface area (Å²) in [5.41, 5.74) is 1.05. The average Bonchev–Trinajstić information content (AvgIpc) is 2.78. The van der Waals surface area contributed by atoms with Gasteiger partial charge in [0.25, 0.3) is 0 Å². The second-order valence-corrected chi connectivity index (χ2v) is 8.79. The minimum Gasteiger partial charge on any atom is -0.347 e. The Balaban J connectivity index is 1.75. The van der Waals surface area contributed by atoms with E-state index in [1.807, 2.05) is 0 Å². The zero-order chi connectivity index (χ0) is 13.5. The van der Waals surface area contributed by atoms with E-state index in [0.29, 0.717) is 10.8 Å². The number of hydrogen-bond acceptors (Lipinski definition) is 2. The molecular formula is C17H28O2. The highest BCUT2D eigenvalue weighted by Crippen LogP contribution is 2.68. The largest absolute Gasteiger partial charge is 0.347 e. The van der Waals surface area contributed by atoms with Gasteiger partial charge in [0.05, 0.1) is 12.2 Å². The average molecular weight is 264 g/mol. The maximum atomic E-state index is 6.41. The van der Waals surface area contributed by atoms with Crippen LogP contribution in [0.5, 0.6) is 0 Å².